The maximum Gasteiger partial charge on any atom is 0.251 e. The van der Waals surface area contributed by atoms with Crippen LogP contribution in [0.25, 0.3) is 5.69 Å². The number of carbonyl (C=O) groups is 1. The molecule has 6 heteroatoms. The van der Waals surface area contributed by atoms with E-state index >= 15 is 0 Å². The van der Waals surface area contributed by atoms with Crippen molar-refractivity contribution in [3.63, 3.8) is 0 Å². The van der Waals surface area contributed by atoms with Crippen molar-refractivity contribution in [2.75, 3.05) is 0 Å². The highest BCUT2D eigenvalue weighted by Crippen LogP contribution is 2.11. The molecule has 0 aliphatic carbocycles. The third kappa shape index (κ3) is 1.62. The zero-order valence-electron chi connectivity index (χ0n) is 8.16. The summed E-state index contributed by atoms with van der Waals surface area (Å²) in [5, 5.41) is 12.8. The summed E-state index contributed by atoms with van der Waals surface area (Å²) in [4.78, 5) is 14.8. The lowest BCUT2D eigenvalue weighted by Crippen LogP contribution is -2.09. The molecule has 2 aromatic rings. The summed E-state index contributed by atoms with van der Waals surface area (Å²) in [5.41, 5.74) is 6.32. The summed E-state index contributed by atoms with van der Waals surface area (Å²) >= 11 is 0. The predicted octanol–water partition coefficient (Wildman–Crippen LogP) is 0.238. The van der Waals surface area contributed by atoms with Gasteiger partial charge < -0.3 is 5.73 Å². The number of primary amides is 1. The monoisotopic (exact) mass is 213 g/mol. The molecule has 0 saturated heterocycles. The first-order chi connectivity index (χ1) is 7.72. The fourth-order valence-electron chi connectivity index (χ4n) is 1.25. The van der Waals surface area contributed by atoms with Crippen molar-refractivity contribution in [3.05, 3.63) is 42.0 Å². The minimum Gasteiger partial charge on any atom is -0.366 e. The van der Waals surface area contributed by atoms with Crippen LogP contribution in [0.2, 0.25) is 0 Å². The second-order valence-corrected chi connectivity index (χ2v) is 3.04. The first kappa shape index (κ1) is 9.86. The minimum absolute atomic E-state index is 0.285. The molecule has 1 amide bonds. The number of rotatable bonds is 2. The van der Waals surface area contributed by atoms with E-state index in [1.165, 1.54) is 29.5 Å². The lowest BCUT2D eigenvalue weighted by atomic mass is 10.2. The Balaban J connectivity index is 2.51. The van der Waals surface area contributed by atoms with Crippen LogP contribution in [0.15, 0.2) is 30.9 Å². The quantitative estimate of drug-likeness (QED) is 0.772. The normalized spacial score (nSPS) is 9.69. The van der Waals surface area contributed by atoms with E-state index in [0.717, 1.165) is 0 Å². The van der Waals surface area contributed by atoms with Gasteiger partial charge in [-0.2, -0.15) is 10.4 Å². The number of amides is 1. The van der Waals surface area contributed by atoms with Gasteiger partial charge in [0.1, 0.15) is 11.8 Å². The van der Waals surface area contributed by atoms with Gasteiger partial charge in [0.05, 0.1) is 23.5 Å². The molecular weight excluding hydrogens is 206 g/mol. The Kier molecular flexibility index (Phi) is 2.36. The largest absolute Gasteiger partial charge is 0.366 e. The minimum atomic E-state index is -0.561. The lowest BCUT2D eigenvalue weighted by Gasteiger charge is -2.01. The van der Waals surface area contributed by atoms with Crippen molar-refractivity contribution in [1.82, 2.24) is 14.8 Å². The molecule has 0 aliphatic rings. The summed E-state index contributed by atoms with van der Waals surface area (Å²) in [6, 6.07) is 3.59. The summed E-state index contributed by atoms with van der Waals surface area (Å²) in [6.45, 7) is 0. The van der Waals surface area contributed by atoms with Crippen LogP contribution in [-0.4, -0.2) is 20.7 Å². The molecule has 2 aromatic heterocycles. The molecule has 0 fully saturated rings. The van der Waals surface area contributed by atoms with Gasteiger partial charge >= 0.3 is 0 Å². The molecule has 16 heavy (non-hydrogen) atoms. The average molecular weight is 213 g/mol. The third-order valence-electron chi connectivity index (χ3n) is 2.03. The van der Waals surface area contributed by atoms with Gasteiger partial charge in [-0.15, -0.1) is 0 Å². The Hall–Kier alpha value is -2.68. The maximum absolute atomic E-state index is 10.9. The van der Waals surface area contributed by atoms with Gasteiger partial charge in [-0.25, -0.2) is 4.68 Å². The van der Waals surface area contributed by atoms with Crippen LogP contribution >= 0.6 is 0 Å². The number of carbonyl (C=O) groups excluding carboxylic acids is 1. The van der Waals surface area contributed by atoms with Crippen LogP contribution in [0.1, 0.15) is 15.9 Å². The Labute approximate surface area is 90.9 Å². The smallest absolute Gasteiger partial charge is 0.251 e. The molecule has 2 N–H and O–H groups in total. The van der Waals surface area contributed by atoms with Crippen LogP contribution in [-0.2, 0) is 0 Å². The summed E-state index contributed by atoms with van der Waals surface area (Å²) in [5.74, 6) is -0.561. The van der Waals surface area contributed by atoms with Crippen LogP contribution in [0.3, 0.4) is 0 Å². The van der Waals surface area contributed by atoms with Gasteiger partial charge in [0.25, 0.3) is 5.91 Å². The molecule has 2 rings (SSSR count). The molecule has 0 radical (unpaired) electrons. The number of hydrogen-bond donors (Lipinski definition) is 1. The lowest BCUT2D eigenvalue weighted by molar-refractivity contribution is 0.100. The fourth-order valence-corrected chi connectivity index (χ4v) is 1.25. The first-order valence-electron chi connectivity index (χ1n) is 4.41. The average Bonchev–Trinajstić information content (AvgIpc) is 2.78. The molecule has 0 bridgehead atoms. The van der Waals surface area contributed by atoms with E-state index in [4.69, 9.17) is 11.0 Å². The molecule has 0 aliphatic heterocycles. The fraction of sp³-hybridized carbons (Fsp3) is 0. The third-order valence-corrected chi connectivity index (χ3v) is 2.03. The van der Waals surface area contributed by atoms with Crippen LogP contribution < -0.4 is 5.73 Å². The molecular formula is C10H7N5O. The van der Waals surface area contributed by atoms with Crippen molar-refractivity contribution in [2.45, 2.75) is 0 Å². The van der Waals surface area contributed by atoms with Gasteiger partial charge in [-0.1, -0.05) is 0 Å². The van der Waals surface area contributed by atoms with Crippen molar-refractivity contribution >= 4 is 5.91 Å². The summed E-state index contributed by atoms with van der Waals surface area (Å²) in [6.07, 6.45) is 5.81. The van der Waals surface area contributed by atoms with Crippen molar-refractivity contribution in [3.8, 4) is 11.8 Å². The van der Waals surface area contributed by atoms with Gasteiger partial charge in [0.2, 0.25) is 0 Å². The second-order valence-electron chi connectivity index (χ2n) is 3.04. The summed E-state index contributed by atoms with van der Waals surface area (Å²) in [7, 11) is 0. The van der Waals surface area contributed by atoms with E-state index in [0.29, 0.717) is 11.3 Å². The van der Waals surface area contributed by atoms with Gasteiger partial charge in [-0.3, -0.25) is 9.78 Å². The van der Waals surface area contributed by atoms with E-state index < -0.39 is 5.91 Å². The Morgan fingerprint density at radius 1 is 1.50 bits per heavy atom. The highest BCUT2D eigenvalue weighted by Gasteiger charge is 2.08. The predicted molar refractivity (Wildman–Crippen MR) is 54.6 cm³/mol. The second kappa shape index (κ2) is 3.82. The standard InChI is InChI=1S/C10H7N5O/c11-3-7-1-2-13-5-9(7)15-6-8(4-14-15)10(12)16/h1-2,4-6H,(H2,12,16). The van der Waals surface area contributed by atoms with E-state index in [1.54, 1.807) is 6.07 Å². The van der Waals surface area contributed by atoms with E-state index in [2.05, 4.69) is 10.1 Å². The van der Waals surface area contributed by atoms with Crippen LogP contribution in [0, 0.1) is 11.3 Å². The molecule has 0 unspecified atom stereocenters. The van der Waals surface area contributed by atoms with Gasteiger partial charge in [0.15, 0.2) is 0 Å². The van der Waals surface area contributed by atoms with E-state index in [9.17, 15) is 4.79 Å². The number of pyridine rings is 1. The molecule has 0 atom stereocenters. The molecule has 78 valence electrons. The molecule has 2 heterocycles. The van der Waals surface area contributed by atoms with E-state index in [1.807, 2.05) is 6.07 Å². The molecule has 6 nitrogen and oxygen atoms in total. The molecule has 0 aromatic carbocycles. The highest BCUT2D eigenvalue weighted by molar-refractivity contribution is 5.92. The molecule has 0 saturated carbocycles. The summed E-state index contributed by atoms with van der Waals surface area (Å²) < 4.78 is 1.39. The zero-order valence-corrected chi connectivity index (χ0v) is 8.16. The Bertz CT molecular complexity index is 581. The van der Waals surface area contributed by atoms with Crippen molar-refractivity contribution in [2.24, 2.45) is 5.73 Å². The van der Waals surface area contributed by atoms with Crippen molar-refractivity contribution < 1.29 is 4.79 Å². The van der Waals surface area contributed by atoms with Gasteiger partial charge in [0, 0.05) is 12.4 Å². The van der Waals surface area contributed by atoms with Crippen LogP contribution in [0.5, 0.6) is 0 Å². The van der Waals surface area contributed by atoms with Crippen LogP contribution in [0.4, 0.5) is 0 Å². The van der Waals surface area contributed by atoms with Crippen molar-refractivity contribution in [1.29, 1.82) is 5.26 Å². The Morgan fingerprint density at radius 3 is 2.94 bits per heavy atom. The zero-order chi connectivity index (χ0) is 11.5. The first-order valence-corrected chi connectivity index (χ1v) is 4.41. The number of nitrogens with zero attached hydrogens (tertiary/aromatic N) is 4. The number of aromatic nitrogens is 3. The number of nitriles is 1. The number of nitrogens with two attached hydrogens (primary N) is 1. The van der Waals surface area contributed by atoms with Gasteiger partial charge in [-0.05, 0) is 6.07 Å². The SMILES string of the molecule is N#Cc1ccncc1-n1cc(C(N)=O)cn1. The maximum atomic E-state index is 10.9. The topological polar surface area (TPSA) is 97.6 Å². The molecule has 0 spiro atoms. The van der Waals surface area contributed by atoms with E-state index in [-0.39, 0.29) is 5.56 Å². The highest BCUT2D eigenvalue weighted by atomic mass is 16.1. The Morgan fingerprint density at radius 2 is 2.31 bits per heavy atom. The number of hydrogen-bond acceptors (Lipinski definition) is 4.